The monoisotopic (exact) mass is 247 g/mol. The molecule has 0 amide bonds. The summed E-state index contributed by atoms with van der Waals surface area (Å²) < 4.78 is 14.1. The molecule has 1 fully saturated rings. The molecule has 1 aliphatic rings. The molecule has 0 bridgehead atoms. The van der Waals surface area contributed by atoms with Crippen LogP contribution in [0.3, 0.4) is 0 Å². The number of anilines is 1. The van der Waals surface area contributed by atoms with Crippen molar-refractivity contribution in [3.63, 3.8) is 0 Å². The molecule has 0 radical (unpaired) electrons. The highest BCUT2D eigenvalue weighted by molar-refractivity contribution is 5.53. The number of benzene rings is 1. The molecular formula is C14H18FN3. The second-order valence-corrected chi connectivity index (χ2v) is 4.85. The van der Waals surface area contributed by atoms with Crippen molar-refractivity contribution in [2.75, 3.05) is 11.4 Å². The van der Waals surface area contributed by atoms with Gasteiger partial charge in [0.2, 0.25) is 0 Å². The Hall–Kier alpha value is -1.60. The van der Waals surface area contributed by atoms with E-state index in [0.717, 1.165) is 19.3 Å². The van der Waals surface area contributed by atoms with E-state index in [9.17, 15) is 4.39 Å². The first-order chi connectivity index (χ1) is 8.67. The van der Waals surface area contributed by atoms with Gasteiger partial charge >= 0.3 is 0 Å². The normalized spacial score (nSPS) is 23.8. The van der Waals surface area contributed by atoms with Crippen LogP contribution in [0.2, 0.25) is 0 Å². The first-order valence-corrected chi connectivity index (χ1v) is 6.35. The number of piperidine rings is 1. The first kappa shape index (κ1) is 12.8. The van der Waals surface area contributed by atoms with E-state index in [1.165, 1.54) is 6.07 Å². The molecule has 4 heteroatoms. The van der Waals surface area contributed by atoms with Crippen LogP contribution in [0.25, 0.3) is 0 Å². The minimum atomic E-state index is -0.332. The Labute approximate surface area is 107 Å². The van der Waals surface area contributed by atoms with Gasteiger partial charge in [-0.3, -0.25) is 0 Å². The third kappa shape index (κ3) is 2.32. The van der Waals surface area contributed by atoms with Gasteiger partial charge in [0, 0.05) is 18.6 Å². The summed E-state index contributed by atoms with van der Waals surface area (Å²) in [4.78, 5) is 2.07. The highest BCUT2D eigenvalue weighted by Gasteiger charge is 2.28. The fourth-order valence-corrected chi connectivity index (χ4v) is 2.74. The molecule has 2 N–H and O–H groups in total. The molecular weight excluding hydrogens is 229 g/mol. The minimum Gasteiger partial charge on any atom is -0.362 e. The highest BCUT2D eigenvalue weighted by atomic mass is 19.1. The third-order valence-corrected chi connectivity index (χ3v) is 3.65. The standard InChI is InChI=1S/C14H18FN3/c1-10-3-2-4-12(9-17)18(10)14-6-5-11(8-16)7-13(14)15/h5-7,10,12H,2-4,9,17H2,1H3. The SMILES string of the molecule is CC1CCCC(CN)N1c1ccc(C#N)cc1F. The van der Waals surface area contributed by atoms with Gasteiger partial charge in [-0.15, -0.1) is 0 Å². The Balaban J connectivity index is 2.36. The van der Waals surface area contributed by atoms with Crippen LogP contribution in [0.5, 0.6) is 0 Å². The largest absolute Gasteiger partial charge is 0.362 e. The number of nitrogens with two attached hydrogens (primary N) is 1. The minimum absolute atomic E-state index is 0.191. The van der Waals surface area contributed by atoms with Gasteiger partial charge in [-0.25, -0.2) is 4.39 Å². The summed E-state index contributed by atoms with van der Waals surface area (Å²) >= 11 is 0. The molecule has 18 heavy (non-hydrogen) atoms. The second-order valence-electron chi connectivity index (χ2n) is 4.85. The smallest absolute Gasteiger partial charge is 0.147 e. The van der Waals surface area contributed by atoms with Gasteiger partial charge in [-0.1, -0.05) is 0 Å². The maximum Gasteiger partial charge on any atom is 0.147 e. The topological polar surface area (TPSA) is 53.0 Å². The van der Waals surface area contributed by atoms with Gasteiger partial charge in [0.15, 0.2) is 0 Å². The number of hydrogen-bond donors (Lipinski definition) is 1. The molecule has 1 aromatic carbocycles. The molecule has 0 aliphatic carbocycles. The summed E-state index contributed by atoms with van der Waals surface area (Å²) in [5.41, 5.74) is 6.70. The summed E-state index contributed by atoms with van der Waals surface area (Å²) in [6, 6.07) is 7.08. The lowest BCUT2D eigenvalue weighted by Gasteiger charge is -2.42. The van der Waals surface area contributed by atoms with Crippen molar-refractivity contribution in [2.24, 2.45) is 5.73 Å². The number of nitriles is 1. The number of halogens is 1. The lowest BCUT2D eigenvalue weighted by molar-refractivity contribution is 0.395. The number of nitrogens with zero attached hydrogens (tertiary/aromatic N) is 2. The quantitative estimate of drug-likeness (QED) is 0.873. The van der Waals surface area contributed by atoms with Crippen molar-refractivity contribution in [1.29, 1.82) is 5.26 Å². The molecule has 1 saturated heterocycles. The van der Waals surface area contributed by atoms with E-state index in [-0.39, 0.29) is 17.9 Å². The Kier molecular flexibility index (Phi) is 3.83. The Morgan fingerprint density at radius 3 is 2.89 bits per heavy atom. The molecule has 96 valence electrons. The highest BCUT2D eigenvalue weighted by Crippen LogP contribution is 2.31. The Morgan fingerprint density at radius 1 is 1.50 bits per heavy atom. The van der Waals surface area contributed by atoms with Crippen LogP contribution in [0.15, 0.2) is 18.2 Å². The Morgan fingerprint density at radius 2 is 2.28 bits per heavy atom. The van der Waals surface area contributed by atoms with Crippen molar-refractivity contribution < 1.29 is 4.39 Å². The lowest BCUT2D eigenvalue weighted by Crippen LogP contribution is -2.49. The molecule has 0 aromatic heterocycles. The summed E-state index contributed by atoms with van der Waals surface area (Å²) in [5.74, 6) is -0.332. The molecule has 1 aliphatic heterocycles. The van der Waals surface area contributed by atoms with E-state index in [2.05, 4.69) is 11.8 Å². The van der Waals surface area contributed by atoms with Crippen molar-refractivity contribution in [3.05, 3.63) is 29.6 Å². The van der Waals surface area contributed by atoms with Gasteiger partial charge in [0.05, 0.1) is 17.3 Å². The summed E-state index contributed by atoms with van der Waals surface area (Å²) in [7, 11) is 0. The van der Waals surface area contributed by atoms with E-state index >= 15 is 0 Å². The molecule has 0 spiro atoms. The fraction of sp³-hybridized carbons (Fsp3) is 0.500. The molecule has 1 aromatic rings. The zero-order chi connectivity index (χ0) is 13.1. The molecule has 2 rings (SSSR count). The van der Waals surface area contributed by atoms with Gasteiger partial charge in [0.1, 0.15) is 5.82 Å². The number of hydrogen-bond acceptors (Lipinski definition) is 3. The van der Waals surface area contributed by atoms with E-state index in [4.69, 9.17) is 11.0 Å². The maximum atomic E-state index is 14.1. The summed E-state index contributed by atoms with van der Waals surface area (Å²) in [6.45, 7) is 2.63. The van der Waals surface area contributed by atoms with Crippen LogP contribution < -0.4 is 10.6 Å². The van der Waals surface area contributed by atoms with Crippen LogP contribution in [0.4, 0.5) is 10.1 Å². The lowest BCUT2D eigenvalue weighted by atomic mass is 9.95. The predicted molar refractivity (Wildman–Crippen MR) is 69.7 cm³/mol. The molecule has 2 atom stereocenters. The van der Waals surface area contributed by atoms with E-state index < -0.39 is 0 Å². The van der Waals surface area contributed by atoms with Crippen LogP contribution in [-0.4, -0.2) is 18.6 Å². The maximum absolute atomic E-state index is 14.1. The van der Waals surface area contributed by atoms with Gasteiger partial charge in [0.25, 0.3) is 0 Å². The van der Waals surface area contributed by atoms with E-state index in [1.807, 2.05) is 6.07 Å². The van der Waals surface area contributed by atoms with Gasteiger partial charge < -0.3 is 10.6 Å². The predicted octanol–water partition coefficient (Wildman–Crippen LogP) is 2.40. The van der Waals surface area contributed by atoms with Crippen molar-refractivity contribution in [2.45, 2.75) is 38.3 Å². The fourth-order valence-electron chi connectivity index (χ4n) is 2.74. The zero-order valence-corrected chi connectivity index (χ0v) is 10.6. The Bertz CT molecular complexity index is 467. The van der Waals surface area contributed by atoms with Crippen LogP contribution >= 0.6 is 0 Å². The molecule has 2 unspecified atom stereocenters. The van der Waals surface area contributed by atoms with E-state index in [1.54, 1.807) is 12.1 Å². The average Bonchev–Trinajstić information content (AvgIpc) is 2.39. The number of rotatable bonds is 2. The molecule has 3 nitrogen and oxygen atoms in total. The first-order valence-electron chi connectivity index (χ1n) is 6.35. The average molecular weight is 247 g/mol. The van der Waals surface area contributed by atoms with Crippen LogP contribution in [0, 0.1) is 17.1 Å². The molecule has 1 heterocycles. The van der Waals surface area contributed by atoms with Gasteiger partial charge in [-0.2, -0.15) is 5.26 Å². The van der Waals surface area contributed by atoms with Crippen molar-refractivity contribution in [1.82, 2.24) is 0 Å². The van der Waals surface area contributed by atoms with E-state index in [0.29, 0.717) is 17.8 Å². The summed E-state index contributed by atoms with van der Waals surface area (Å²) in [5, 5.41) is 8.76. The van der Waals surface area contributed by atoms with Gasteiger partial charge in [-0.05, 0) is 44.4 Å². The summed E-state index contributed by atoms with van der Waals surface area (Å²) in [6.07, 6.45) is 3.19. The van der Waals surface area contributed by atoms with Crippen molar-refractivity contribution >= 4 is 5.69 Å². The third-order valence-electron chi connectivity index (χ3n) is 3.65. The van der Waals surface area contributed by atoms with Crippen molar-refractivity contribution in [3.8, 4) is 6.07 Å². The molecule has 0 saturated carbocycles. The van der Waals surface area contributed by atoms with Crippen LogP contribution in [0.1, 0.15) is 31.7 Å². The second kappa shape index (κ2) is 5.36. The zero-order valence-electron chi connectivity index (χ0n) is 10.6. The van der Waals surface area contributed by atoms with Crippen LogP contribution in [-0.2, 0) is 0 Å².